The molecule has 0 bridgehead atoms. The topological polar surface area (TPSA) is 43.6 Å². The number of aromatic nitrogens is 4. The van der Waals surface area contributed by atoms with Crippen molar-refractivity contribution in [3.63, 3.8) is 0 Å². The van der Waals surface area contributed by atoms with Crippen LogP contribution in [-0.2, 0) is 7.05 Å². The van der Waals surface area contributed by atoms with Crippen LogP contribution in [0.3, 0.4) is 0 Å². The van der Waals surface area contributed by atoms with E-state index < -0.39 is 8.07 Å². The molecular weight excluding hydrogens is 144 g/mol. The SMILES string of the molecule is Cn1nnnc1[Si](C)(C)C. The number of nitrogens with zero attached hydrogens (tertiary/aromatic N) is 4. The fourth-order valence-electron chi connectivity index (χ4n) is 0.865. The fourth-order valence-corrected chi connectivity index (χ4v) is 2.23. The van der Waals surface area contributed by atoms with E-state index >= 15 is 0 Å². The lowest BCUT2D eigenvalue weighted by atomic mass is 11.2. The smallest absolute Gasteiger partial charge is 0.128 e. The molecule has 0 saturated heterocycles. The summed E-state index contributed by atoms with van der Waals surface area (Å²) >= 11 is 0. The molecule has 0 aliphatic rings. The third-order valence-corrected chi connectivity index (χ3v) is 3.06. The van der Waals surface area contributed by atoms with Crippen LogP contribution in [0.15, 0.2) is 0 Å². The van der Waals surface area contributed by atoms with Crippen molar-refractivity contribution in [2.24, 2.45) is 7.05 Å². The highest BCUT2D eigenvalue weighted by molar-refractivity contribution is 6.87. The quantitative estimate of drug-likeness (QED) is 0.527. The molecule has 1 aromatic rings. The molecule has 1 aromatic heterocycles. The summed E-state index contributed by atoms with van der Waals surface area (Å²) in [5.41, 5.74) is 1.05. The van der Waals surface area contributed by atoms with E-state index in [1.165, 1.54) is 0 Å². The van der Waals surface area contributed by atoms with Crippen molar-refractivity contribution in [1.82, 2.24) is 20.2 Å². The van der Waals surface area contributed by atoms with Crippen LogP contribution < -0.4 is 5.45 Å². The third-order valence-electron chi connectivity index (χ3n) is 1.29. The predicted octanol–water partition coefficient (Wildman–Crippen LogP) is -0.245. The number of aryl methyl sites for hydroxylation is 1. The number of rotatable bonds is 1. The minimum absolute atomic E-state index is 1.05. The Morgan fingerprint density at radius 3 is 2.10 bits per heavy atom. The number of hydrogen-bond acceptors (Lipinski definition) is 3. The van der Waals surface area contributed by atoms with Crippen LogP contribution in [-0.4, -0.2) is 28.3 Å². The van der Waals surface area contributed by atoms with E-state index in [1.807, 2.05) is 7.05 Å². The predicted molar refractivity (Wildman–Crippen MR) is 41.8 cm³/mol. The molecule has 0 amide bonds. The van der Waals surface area contributed by atoms with Crippen LogP contribution in [0, 0.1) is 0 Å². The zero-order valence-corrected chi connectivity index (χ0v) is 7.79. The average Bonchev–Trinajstić information content (AvgIpc) is 2.11. The third kappa shape index (κ3) is 1.23. The lowest BCUT2D eigenvalue weighted by Gasteiger charge is -2.11. The fraction of sp³-hybridized carbons (Fsp3) is 0.800. The standard InChI is InChI=1S/C5H12N4Si/c1-9-5(6-7-8-9)10(2,3)4/h1-4H3. The maximum atomic E-state index is 3.95. The maximum absolute atomic E-state index is 3.95. The molecule has 0 atom stereocenters. The van der Waals surface area contributed by atoms with Gasteiger partial charge in [-0.1, -0.05) is 19.6 Å². The Kier molecular flexibility index (Phi) is 1.59. The molecule has 56 valence electrons. The lowest BCUT2D eigenvalue weighted by molar-refractivity contribution is 0.719. The monoisotopic (exact) mass is 156 g/mol. The van der Waals surface area contributed by atoms with Gasteiger partial charge in [-0.2, -0.15) is 0 Å². The molecule has 10 heavy (non-hydrogen) atoms. The van der Waals surface area contributed by atoms with Gasteiger partial charge in [0.15, 0.2) is 0 Å². The Morgan fingerprint density at radius 2 is 1.90 bits per heavy atom. The van der Waals surface area contributed by atoms with Crippen molar-refractivity contribution < 1.29 is 0 Å². The first-order valence-corrected chi connectivity index (χ1v) is 6.74. The van der Waals surface area contributed by atoms with E-state index in [0.29, 0.717) is 0 Å². The molecule has 4 nitrogen and oxygen atoms in total. The largest absolute Gasteiger partial charge is 0.237 e. The molecule has 0 fully saturated rings. The van der Waals surface area contributed by atoms with Gasteiger partial charge in [0, 0.05) is 7.05 Å². The van der Waals surface area contributed by atoms with Crippen molar-refractivity contribution in [2.45, 2.75) is 19.6 Å². The first-order chi connectivity index (χ1) is 4.52. The average molecular weight is 156 g/mol. The van der Waals surface area contributed by atoms with Crippen LogP contribution in [0.1, 0.15) is 0 Å². The highest BCUT2D eigenvalue weighted by Gasteiger charge is 2.22. The van der Waals surface area contributed by atoms with Gasteiger partial charge >= 0.3 is 0 Å². The van der Waals surface area contributed by atoms with Gasteiger partial charge in [-0.15, -0.1) is 5.10 Å². The van der Waals surface area contributed by atoms with Crippen LogP contribution in [0.25, 0.3) is 0 Å². The van der Waals surface area contributed by atoms with E-state index in [4.69, 9.17) is 0 Å². The molecule has 0 unspecified atom stereocenters. The summed E-state index contributed by atoms with van der Waals surface area (Å²) in [6.45, 7) is 6.66. The van der Waals surface area contributed by atoms with E-state index in [1.54, 1.807) is 4.68 Å². The second kappa shape index (κ2) is 2.16. The number of hydrogen-bond donors (Lipinski definition) is 0. The van der Waals surface area contributed by atoms with Gasteiger partial charge in [-0.3, -0.25) is 0 Å². The Hall–Kier alpha value is -0.713. The zero-order valence-electron chi connectivity index (χ0n) is 6.79. The summed E-state index contributed by atoms with van der Waals surface area (Å²) in [6.07, 6.45) is 0. The highest BCUT2D eigenvalue weighted by Crippen LogP contribution is 1.96. The lowest BCUT2D eigenvalue weighted by Crippen LogP contribution is -2.44. The maximum Gasteiger partial charge on any atom is 0.128 e. The summed E-state index contributed by atoms with van der Waals surface area (Å²) in [5, 5.41) is 11.3. The van der Waals surface area contributed by atoms with Crippen LogP contribution in [0.4, 0.5) is 0 Å². The highest BCUT2D eigenvalue weighted by atomic mass is 28.3. The molecule has 0 spiro atoms. The van der Waals surface area contributed by atoms with Gasteiger partial charge in [0.2, 0.25) is 0 Å². The van der Waals surface area contributed by atoms with Gasteiger partial charge in [-0.05, 0) is 10.4 Å². The summed E-state index contributed by atoms with van der Waals surface area (Å²) in [5.74, 6) is 0. The molecule has 0 N–H and O–H groups in total. The Bertz CT molecular complexity index is 224. The molecule has 0 aliphatic heterocycles. The first-order valence-electron chi connectivity index (χ1n) is 3.24. The van der Waals surface area contributed by atoms with Crippen molar-refractivity contribution in [3.05, 3.63) is 0 Å². The van der Waals surface area contributed by atoms with Crippen molar-refractivity contribution in [2.75, 3.05) is 0 Å². The normalized spacial score (nSPS) is 12.0. The van der Waals surface area contributed by atoms with Crippen molar-refractivity contribution in [1.29, 1.82) is 0 Å². The second-order valence-corrected chi connectivity index (χ2v) is 8.32. The molecule has 0 aromatic carbocycles. The molecule has 1 heterocycles. The Balaban J connectivity index is 3.05. The summed E-state index contributed by atoms with van der Waals surface area (Å²) in [4.78, 5) is 0. The van der Waals surface area contributed by atoms with Crippen LogP contribution in [0.2, 0.25) is 19.6 Å². The molecule has 1 rings (SSSR count). The molecule has 0 saturated carbocycles. The van der Waals surface area contributed by atoms with E-state index in [2.05, 4.69) is 35.2 Å². The molecule has 0 aliphatic carbocycles. The zero-order chi connectivity index (χ0) is 7.78. The summed E-state index contributed by atoms with van der Waals surface area (Å²) in [7, 11) is 0.584. The van der Waals surface area contributed by atoms with E-state index in [-0.39, 0.29) is 0 Å². The Labute approximate surface area is 61.3 Å². The summed E-state index contributed by atoms with van der Waals surface area (Å²) < 4.78 is 1.76. The van der Waals surface area contributed by atoms with E-state index in [9.17, 15) is 0 Å². The summed E-state index contributed by atoms with van der Waals surface area (Å²) in [6, 6.07) is 0. The molecule has 5 heteroatoms. The molecule has 0 radical (unpaired) electrons. The van der Waals surface area contributed by atoms with Gasteiger partial charge in [0.1, 0.15) is 13.5 Å². The van der Waals surface area contributed by atoms with Crippen LogP contribution >= 0.6 is 0 Å². The van der Waals surface area contributed by atoms with E-state index in [0.717, 1.165) is 5.45 Å². The number of tetrazole rings is 1. The van der Waals surface area contributed by atoms with Crippen molar-refractivity contribution in [3.8, 4) is 0 Å². The Morgan fingerprint density at radius 1 is 1.30 bits per heavy atom. The van der Waals surface area contributed by atoms with Gasteiger partial charge in [0.05, 0.1) is 0 Å². The van der Waals surface area contributed by atoms with Gasteiger partial charge < -0.3 is 0 Å². The first kappa shape index (κ1) is 7.39. The van der Waals surface area contributed by atoms with Crippen molar-refractivity contribution >= 4 is 13.5 Å². The van der Waals surface area contributed by atoms with Gasteiger partial charge in [-0.25, -0.2) is 4.68 Å². The minimum Gasteiger partial charge on any atom is -0.237 e. The second-order valence-electron chi connectivity index (χ2n) is 3.38. The van der Waals surface area contributed by atoms with Gasteiger partial charge in [0.25, 0.3) is 0 Å². The minimum atomic E-state index is -1.30. The molecular formula is C5H12N4Si. The van der Waals surface area contributed by atoms with Crippen LogP contribution in [0.5, 0.6) is 0 Å².